The molecule has 9 N–H and O–H groups in total. The Morgan fingerprint density at radius 3 is 2.34 bits per heavy atom. The number of benzene rings is 1. The maximum absolute atomic E-state index is 13.2. The number of alkyl halides is 3. The van der Waals surface area contributed by atoms with Crippen molar-refractivity contribution in [2.45, 2.75) is 37.0 Å². The topological polar surface area (TPSA) is 291 Å². The largest absolute Gasteiger partial charge is 0.504 e. The van der Waals surface area contributed by atoms with E-state index in [0.29, 0.717) is 11.3 Å². The third kappa shape index (κ3) is 10.4. The number of carbonyl (C=O) groups is 6. The van der Waals surface area contributed by atoms with Crippen molar-refractivity contribution in [3.8, 4) is 11.5 Å². The number of fused-ring (bicyclic) bond motifs is 1. The van der Waals surface area contributed by atoms with Gasteiger partial charge in [-0.15, -0.1) is 23.1 Å². The van der Waals surface area contributed by atoms with E-state index in [1.165, 1.54) is 48.8 Å². The fourth-order valence-electron chi connectivity index (χ4n) is 4.06. The van der Waals surface area contributed by atoms with Crippen molar-refractivity contribution in [2.24, 2.45) is 5.16 Å². The molecule has 0 saturated carbocycles. The number of carboxylic acids is 3. The van der Waals surface area contributed by atoms with Crippen molar-refractivity contribution in [2.75, 3.05) is 29.5 Å². The van der Waals surface area contributed by atoms with Crippen LogP contribution in [0, 0.1) is 0 Å². The molecule has 18 nitrogen and oxygen atoms in total. The zero-order valence-corrected chi connectivity index (χ0v) is 30.2. The number of thioether (sulfide) groups is 2. The highest BCUT2D eigenvalue weighted by Gasteiger charge is 2.54. The number of oxime groups is 1. The Kier molecular flexibility index (Phi) is 13.8. The average Bonchev–Trinajstić information content (AvgIpc) is 3.50. The van der Waals surface area contributed by atoms with Crippen LogP contribution in [0.4, 0.5) is 18.3 Å². The van der Waals surface area contributed by atoms with E-state index in [2.05, 4.69) is 20.8 Å². The Morgan fingerprint density at radius 1 is 1.15 bits per heavy atom. The number of hydrogen-bond donors (Lipinski definition) is 8. The molecule has 0 unspecified atom stereocenters. The number of aromatic nitrogens is 1. The van der Waals surface area contributed by atoms with Crippen molar-refractivity contribution in [1.82, 2.24) is 20.5 Å². The van der Waals surface area contributed by atoms with Gasteiger partial charge in [0, 0.05) is 29.2 Å². The lowest BCUT2D eigenvalue weighted by Gasteiger charge is -2.49. The second kappa shape index (κ2) is 17.3. The van der Waals surface area contributed by atoms with Crippen LogP contribution in [0.1, 0.15) is 29.9 Å². The number of rotatable bonds is 13. The monoisotopic (exact) mass is 828 g/mol. The summed E-state index contributed by atoms with van der Waals surface area (Å²) >= 11 is 9.47. The van der Waals surface area contributed by atoms with Crippen LogP contribution >= 0.6 is 46.5 Å². The molecule has 1 saturated heterocycles. The van der Waals surface area contributed by atoms with E-state index in [9.17, 15) is 57.6 Å². The van der Waals surface area contributed by atoms with Crippen molar-refractivity contribution >= 4 is 92.9 Å². The Balaban J connectivity index is 0.000000980. The maximum atomic E-state index is 13.2. The zero-order valence-electron chi connectivity index (χ0n) is 27.0. The number of aliphatic carboxylic acids is 3. The number of carbonyl (C=O) groups excluding carboxylic acids is 3. The number of nitrogens with zero attached hydrogens (tertiary/aromatic N) is 3. The number of halogens is 4. The summed E-state index contributed by atoms with van der Waals surface area (Å²) in [4.78, 5) is 81.5. The first kappa shape index (κ1) is 42.5. The number of thiazole rings is 1. The van der Waals surface area contributed by atoms with Gasteiger partial charge < -0.3 is 46.7 Å². The molecule has 2 atom stereocenters. The highest BCUT2D eigenvalue weighted by molar-refractivity contribution is 8.01. The molecule has 0 bridgehead atoms. The summed E-state index contributed by atoms with van der Waals surface area (Å²) in [7, 11) is 0. The smallest absolute Gasteiger partial charge is 0.490 e. The number of nitrogens with one attached hydrogen (secondary N) is 2. The van der Waals surface area contributed by atoms with Gasteiger partial charge in [0.25, 0.3) is 17.7 Å². The van der Waals surface area contributed by atoms with Gasteiger partial charge in [-0.3, -0.25) is 19.3 Å². The lowest BCUT2D eigenvalue weighted by atomic mass is 10.0. The highest BCUT2D eigenvalue weighted by atomic mass is 35.5. The molecule has 2 aliphatic rings. The molecule has 0 radical (unpaired) electrons. The Morgan fingerprint density at radius 2 is 1.79 bits per heavy atom. The summed E-state index contributed by atoms with van der Waals surface area (Å²) in [5.74, 6) is -7.81. The summed E-state index contributed by atoms with van der Waals surface area (Å²) in [6.45, 7) is 2.62. The van der Waals surface area contributed by atoms with Crippen LogP contribution in [0.15, 0.2) is 33.9 Å². The quantitative estimate of drug-likeness (QED) is 0.0470. The summed E-state index contributed by atoms with van der Waals surface area (Å²) in [6.07, 6.45) is -5.08. The number of amides is 3. The predicted molar refractivity (Wildman–Crippen MR) is 184 cm³/mol. The molecular formula is C28H28ClF3N6O12S3. The third-order valence-corrected chi connectivity index (χ3v) is 10.2. The molecule has 3 heterocycles. The van der Waals surface area contributed by atoms with E-state index >= 15 is 0 Å². The molecule has 0 aliphatic carbocycles. The van der Waals surface area contributed by atoms with Gasteiger partial charge in [0.2, 0.25) is 5.60 Å². The van der Waals surface area contributed by atoms with Crippen LogP contribution in [-0.4, -0.2) is 124 Å². The number of aromatic hydroxyl groups is 2. The normalized spacial score (nSPS) is 17.1. The molecule has 1 fully saturated rings. The first-order valence-corrected chi connectivity index (χ1v) is 17.8. The number of hydrogen-bond acceptors (Lipinski definition) is 15. The van der Waals surface area contributed by atoms with Crippen LogP contribution in [0.25, 0.3) is 0 Å². The number of carboxylic acid groups (broad SMARTS) is 3. The number of phenols is 2. The number of nitrogen functional groups attached to an aromatic ring is 1. The number of nitrogens with two attached hydrogens (primary N) is 1. The van der Waals surface area contributed by atoms with Gasteiger partial charge in [-0.2, -0.15) is 24.9 Å². The van der Waals surface area contributed by atoms with Crippen LogP contribution in [0.3, 0.4) is 0 Å². The van der Waals surface area contributed by atoms with Crippen molar-refractivity contribution in [3.63, 3.8) is 0 Å². The zero-order chi connectivity index (χ0) is 40.0. The standard InChI is InChI=1S/C26H27ClN6O10S3.C2HF3O2/c1-26(2,24(41)42)43-32-15(12-9-46-25(28)30-12)20(37)31-16-21(38)33-17(23(39)40)10(8-45-22(16)33)7-44-6-5-29-19(36)11-3-4-13(34)18(35)14(11)27;3-2(4,5)1(6)7/h3-4,9,16,22,34-35H,5-8H2,1-2H3,(H2,28,30)(H,29,36)(H,31,37)(H,39,40)(H,41,42);(H,6,7)/b32-15-;/t16-,22-;/m1./s1. The second-order valence-electron chi connectivity index (χ2n) is 10.9. The van der Waals surface area contributed by atoms with E-state index in [1.807, 2.05) is 0 Å². The SMILES string of the molecule is CC(C)(O/N=C(\C(=O)N[C@@H]1C(=O)N2C(C(=O)O)=C(CSCCNC(=O)c3ccc(O)c(O)c3Cl)CS[C@H]12)c1csc(N)n1)C(=O)O.O=C(O)C(F)(F)F. The van der Waals surface area contributed by atoms with E-state index in [4.69, 9.17) is 32.1 Å². The van der Waals surface area contributed by atoms with Crippen LogP contribution in [0.2, 0.25) is 5.02 Å². The first-order valence-electron chi connectivity index (χ1n) is 14.4. The van der Waals surface area contributed by atoms with Gasteiger partial charge >= 0.3 is 24.1 Å². The number of β-lactam (4-membered cyclic amide) rings is 1. The van der Waals surface area contributed by atoms with Crippen molar-refractivity contribution in [3.05, 3.63) is 45.1 Å². The van der Waals surface area contributed by atoms with E-state index in [1.54, 1.807) is 0 Å². The van der Waals surface area contributed by atoms with E-state index < -0.39 is 76.0 Å². The lowest BCUT2D eigenvalue weighted by Crippen LogP contribution is -2.71. The van der Waals surface area contributed by atoms with Gasteiger partial charge in [-0.05, 0) is 31.6 Å². The Labute approximate surface area is 313 Å². The molecule has 2 aromatic rings. The molecule has 1 aromatic carbocycles. The predicted octanol–water partition coefficient (Wildman–Crippen LogP) is 1.91. The third-order valence-electron chi connectivity index (χ3n) is 6.79. The fourth-order valence-corrected chi connectivity index (χ4v) is 7.21. The molecule has 2 aliphatic heterocycles. The van der Waals surface area contributed by atoms with Gasteiger partial charge in [-0.1, -0.05) is 16.8 Å². The van der Waals surface area contributed by atoms with Crippen molar-refractivity contribution < 1.29 is 72.3 Å². The molecule has 3 amide bonds. The molecule has 1 aromatic heterocycles. The van der Waals surface area contributed by atoms with Gasteiger partial charge in [0.15, 0.2) is 22.3 Å². The molecular weight excluding hydrogens is 801 g/mol. The Bertz CT molecular complexity index is 1870. The van der Waals surface area contributed by atoms with E-state index in [0.717, 1.165) is 22.3 Å². The van der Waals surface area contributed by atoms with Gasteiger partial charge in [-0.25, -0.2) is 19.4 Å². The summed E-state index contributed by atoms with van der Waals surface area (Å²) < 4.78 is 31.7. The lowest BCUT2D eigenvalue weighted by molar-refractivity contribution is -0.192. The number of phenolic OH excluding ortho intramolecular Hbond substituents is 2. The number of anilines is 1. The summed E-state index contributed by atoms with van der Waals surface area (Å²) in [5, 5.41) is 54.9. The average molecular weight is 829 g/mol. The van der Waals surface area contributed by atoms with Gasteiger partial charge in [0.1, 0.15) is 22.8 Å². The van der Waals surface area contributed by atoms with Crippen molar-refractivity contribution in [1.29, 1.82) is 0 Å². The first-order chi connectivity index (χ1) is 24.6. The molecule has 288 valence electrons. The summed E-state index contributed by atoms with van der Waals surface area (Å²) in [6, 6.07) is 1.28. The van der Waals surface area contributed by atoms with Crippen LogP contribution < -0.4 is 16.4 Å². The van der Waals surface area contributed by atoms with E-state index in [-0.39, 0.29) is 45.2 Å². The molecule has 25 heteroatoms. The molecule has 53 heavy (non-hydrogen) atoms. The minimum atomic E-state index is -5.08. The van der Waals surface area contributed by atoms with Crippen LogP contribution in [0.5, 0.6) is 11.5 Å². The fraction of sp³-hybridized carbons (Fsp3) is 0.357. The molecule has 4 rings (SSSR count). The van der Waals surface area contributed by atoms with Crippen LogP contribution in [-0.2, 0) is 28.8 Å². The minimum absolute atomic E-state index is 0.00736. The highest BCUT2D eigenvalue weighted by Crippen LogP contribution is 2.41. The Hall–Kier alpha value is -4.94. The van der Waals surface area contributed by atoms with Gasteiger partial charge in [0.05, 0.1) is 10.6 Å². The molecule has 0 spiro atoms. The second-order valence-corrected chi connectivity index (χ2v) is 14.4. The summed E-state index contributed by atoms with van der Waals surface area (Å²) in [5.41, 5.74) is 3.70. The minimum Gasteiger partial charge on any atom is -0.504 e. The maximum Gasteiger partial charge on any atom is 0.490 e.